The van der Waals surface area contributed by atoms with Gasteiger partial charge in [0.05, 0.1) is 6.54 Å². The summed E-state index contributed by atoms with van der Waals surface area (Å²) in [5, 5.41) is 2.65. The molecule has 1 aromatic rings. The Hall–Kier alpha value is -1.07. The molecule has 0 aromatic heterocycles. The Kier molecular flexibility index (Phi) is 4.94. The Morgan fingerprint density at radius 2 is 1.90 bits per heavy atom. The normalized spacial score (nSPS) is 24.3. The molecule has 0 bridgehead atoms. The van der Waals surface area contributed by atoms with Gasteiger partial charge in [0.25, 0.3) is 0 Å². The third-order valence-electron chi connectivity index (χ3n) is 4.23. The van der Waals surface area contributed by atoms with E-state index in [1.165, 1.54) is 16.7 Å². The van der Waals surface area contributed by atoms with E-state index in [-0.39, 0.29) is 12.0 Å². The van der Waals surface area contributed by atoms with Crippen molar-refractivity contribution in [3.63, 3.8) is 0 Å². The molecule has 1 fully saturated rings. The van der Waals surface area contributed by atoms with Crippen LogP contribution in [0.15, 0.2) is 18.2 Å². The van der Waals surface area contributed by atoms with E-state index < -0.39 is 12.7 Å². The van der Waals surface area contributed by atoms with Crippen molar-refractivity contribution in [2.24, 2.45) is 0 Å². The Morgan fingerprint density at radius 1 is 1.19 bits per heavy atom. The highest BCUT2D eigenvalue weighted by molar-refractivity contribution is 5.32. The molecule has 5 heteroatoms. The van der Waals surface area contributed by atoms with Gasteiger partial charge in [-0.05, 0) is 49.9 Å². The highest BCUT2D eigenvalue weighted by Gasteiger charge is 2.31. The first-order valence-electron chi connectivity index (χ1n) is 7.30. The molecule has 118 valence electrons. The first-order valence-corrected chi connectivity index (χ1v) is 7.30. The van der Waals surface area contributed by atoms with E-state index in [0.29, 0.717) is 6.54 Å². The summed E-state index contributed by atoms with van der Waals surface area (Å²) in [6.07, 6.45) is -3.39. The third kappa shape index (κ3) is 4.71. The molecule has 0 spiro atoms. The fourth-order valence-corrected chi connectivity index (χ4v) is 2.99. The molecule has 0 aliphatic carbocycles. The number of piperidine rings is 1. The second-order valence-corrected chi connectivity index (χ2v) is 6.19. The van der Waals surface area contributed by atoms with Crippen LogP contribution < -0.4 is 5.32 Å². The Morgan fingerprint density at radius 3 is 2.52 bits per heavy atom. The quantitative estimate of drug-likeness (QED) is 0.922. The predicted molar refractivity (Wildman–Crippen MR) is 78.6 cm³/mol. The van der Waals surface area contributed by atoms with Gasteiger partial charge in [0, 0.05) is 19.1 Å². The fraction of sp³-hybridized carbons (Fsp3) is 0.625. The summed E-state index contributed by atoms with van der Waals surface area (Å²) in [5.74, 6) is 0.286. The molecule has 0 radical (unpaired) electrons. The first kappa shape index (κ1) is 16.3. The van der Waals surface area contributed by atoms with Gasteiger partial charge in [-0.2, -0.15) is 13.2 Å². The number of likely N-dealkylation sites (tertiary alicyclic amines) is 1. The SMILES string of the molecule is Cc1ccc(C2CC(NCC(F)(F)F)CN(C)C2)cc1C. The number of hydrogen-bond donors (Lipinski definition) is 1. The van der Waals surface area contributed by atoms with Crippen LogP contribution in [0.4, 0.5) is 13.2 Å². The largest absolute Gasteiger partial charge is 0.401 e. The van der Waals surface area contributed by atoms with Gasteiger partial charge in [-0.15, -0.1) is 0 Å². The van der Waals surface area contributed by atoms with Crippen molar-refractivity contribution in [1.82, 2.24) is 10.2 Å². The van der Waals surface area contributed by atoms with Crippen molar-refractivity contribution in [2.75, 3.05) is 26.7 Å². The molecule has 0 saturated carbocycles. The summed E-state index contributed by atoms with van der Waals surface area (Å²) in [6.45, 7) is 4.79. The lowest BCUT2D eigenvalue weighted by Crippen LogP contribution is -2.49. The third-order valence-corrected chi connectivity index (χ3v) is 4.23. The van der Waals surface area contributed by atoms with E-state index in [1.807, 2.05) is 7.05 Å². The number of halogens is 3. The molecule has 21 heavy (non-hydrogen) atoms. The summed E-state index contributed by atoms with van der Waals surface area (Å²) >= 11 is 0. The van der Waals surface area contributed by atoms with Gasteiger partial charge in [0.15, 0.2) is 0 Å². The summed E-state index contributed by atoms with van der Waals surface area (Å²) < 4.78 is 37.0. The highest BCUT2D eigenvalue weighted by atomic mass is 19.4. The number of benzene rings is 1. The number of alkyl halides is 3. The monoisotopic (exact) mass is 300 g/mol. The van der Waals surface area contributed by atoms with Gasteiger partial charge >= 0.3 is 6.18 Å². The van der Waals surface area contributed by atoms with Crippen LogP contribution in [0.1, 0.15) is 29.0 Å². The van der Waals surface area contributed by atoms with Crippen LogP contribution in [-0.2, 0) is 0 Å². The van der Waals surface area contributed by atoms with Crippen LogP contribution in [0.5, 0.6) is 0 Å². The minimum atomic E-state index is -4.15. The van der Waals surface area contributed by atoms with E-state index >= 15 is 0 Å². The molecule has 1 heterocycles. The maximum absolute atomic E-state index is 12.3. The number of rotatable bonds is 3. The van der Waals surface area contributed by atoms with Gasteiger partial charge < -0.3 is 10.2 Å². The van der Waals surface area contributed by atoms with Crippen molar-refractivity contribution in [3.05, 3.63) is 34.9 Å². The summed E-state index contributed by atoms with van der Waals surface area (Å²) in [5.41, 5.74) is 3.71. The average Bonchev–Trinajstić information content (AvgIpc) is 2.38. The van der Waals surface area contributed by atoms with Crippen molar-refractivity contribution in [1.29, 1.82) is 0 Å². The van der Waals surface area contributed by atoms with Crippen LogP contribution in [0.2, 0.25) is 0 Å². The van der Waals surface area contributed by atoms with Gasteiger partial charge in [-0.25, -0.2) is 0 Å². The molecule has 1 aromatic carbocycles. The maximum atomic E-state index is 12.3. The minimum absolute atomic E-state index is 0.114. The van der Waals surface area contributed by atoms with E-state index in [9.17, 15) is 13.2 Å². The Bertz CT molecular complexity index is 485. The molecule has 2 unspecified atom stereocenters. The van der Waals surface area contributed by atoms with Crippen LogP contribution in [-0.4, -0.2) is 43.8 Å². The molecule has 2 nitrogen and oxygen atoms in total. The second kappa shape index (κ2) is 6.36. The molecular weight excluding hydrogens is 277 g/mol. The smallest absolute Gasteiger partial charge is 0.305 e. The summed E-state index contributed by atoms with van der Waals surface area (Å²) in [4.78, 5) is 2.11. The second-order valence-electron chi connectivity index (χ2n) is 6.19. The number of likely N-dealkylation sites (N-methyl/N-ethyl adjacent to an activating group) is 1. The van der Waals surface area contributed by atoms with Crippen LogP contribution >= 0.6 is 0 Å². The van der Waals surface area contributed by atoms with Crippen molar-refractivity contribution < 1.29 is 13.2 Å². The topological polar surface area (TPSA) is 15.3 Å². The molecular formula is C16H23F3N2. The minimum Gasteiger partial charge on any atom is -0.305 e. The van der Waals surface area contributed by atoms with E-state index in [2.05, 4.69) is 42.3 Å². The van der Waals surface area contributed by atoms with Crippen LogP contribution in [0.25, 0.3) is 0 Å². The van der Waals surface area contributed by atoms with Gasteiger partial charge in [0.1, 0.15) is 0 Å². The molecule has 1 N–H and O–H groups in total. The zero-order chi connectivity index (χ0) is 15.6. The maximum Gasteiger partial charge on any atom is 0.401 e. The molecule has 2 atom stereocenters. The number of nitrogens with one attached hydrogen (secondary N) is 1. The molecule has 2 rings (SSSR count). The Labute approximate surface area is 124 Å². The lowest BCUT2D eigenvalue weighted by atomic mass is 9.87. The van der Waals surface area contributed by atoms with E-state index in [1.54, 1.807) is 0 Å². The molecule has 1 aliphatic heterocycles. The fourth-order valence-electron chi connectivity index (χ4n) is 2.99. The zero-order valence-corrected chi connectivity index (χ0v) is 12.8. The summed E-state index contributed by atoms with van der Waals surface area (Å²) in [6, 6.07) is 6.25. The lowest BCUT2D eigenvalue weighted by Gasteiger charge is -2.36. The average molecular weight is 300 g/mol. The summed E-state index contributed by atoms with van der Waals surface area (Å²) in [7, 11) is 1.97. The first-order chi connectivity index (χ1) is 9.74. The van der Waals surface area contributed by atoms with Gasteiger partial charge in [0.2, 0.25) is 0 Å². The van der Waals surface area contributed by atoms with Crippen LogP contribution in [0, 0.1) is 13.8 Å². The molecule has 1 saturated heterocycles. The van der Waals surface area contributed by atoms with Crippen molar-refractivity contribution in [3.8, 4) is 0 Å². The standard InChI is InChI=1S/C16H23F3N2/c1-11-4-5-13(6-12(11)2)14-7-15(9-21(3)8-14)20-10-16(17,18)19/h4-6,14-15,20H,7-10H2,1-3H3. The number of nitrogens with zero attached hydrogens (tertiary/aromatic N) is 1. The molecule has 1 aliphatic rings. The van der Waals surface area contributed by atoms with Crippen molar-refractivity contribution >= 4 is 0 Å². The van der Waals surface area contributed by atoms with E-state index in [4.69, 9.17) is 0 Å². The number of hydrogen-bond acceptors (Lipinski definition) is 2. The Balaban J connectivity index is 2.04. The van der Waals surface area contributed by atoms with Gasteiger partial charge in [-0.3, -0.25) is 0 Å². The molecule has 0 amide bonds. The zero-order valence-electron chi connectivity index (χ0n) is 12.8. The highest BCUT2D eigenvalue weighted by Crippen LogP contribution is 2.28. The van der Waals surface area contributed by atoms with Crippen molar-refractivity contribution in [2.45, 2.75) is 38.4 Å². The lowest BCUT2D eigenvalue weighted by molar-refractivity contribution is -0.127. The predicted octanol–water partition coefficient (Wildman–Crippen LogP) is 3.24. The number of aryl methyl sites for hydroxylation is 2. The van der Waals surface area contributed by atoms with Crippen LogP contribution in [0.3, 0.4) is 0 Å². The van der Waals surface area contributed by atoms with E-state index in [0.717, 1.165) is 13.0 Å². The van der Waals surface area contributed by atoms with Gasteiger partial charge in [-0.1, -0.05) is 18.2 Å².